The van der Waals surface area contributed by atoms with Crippen molar-refractivity contribution in [3.8, 4) is 0 Å². The van der Waals surface area contributed by atoms with E-state index in [1.54, 1.807) is 0 Å². The zero-order chi connectivity index (χ0) is 11.5. The molecule has 2 atom stereocenters. The Balaban J connectivity index is 2.93. The Bertz CT molecular complexity index is 270. The summed E-state index contributed by atoms with van der Waals surface area (Å²) < 4.78 is 4.82. The van der Waals surface area contributed by atoms with E-state index in [-0.39, 0.29) is 5.97 Å². The highest BCUT2D eigenvalue weighted by Crippen LogP contribution is 2.40. The van der Waals surface area contributed by atoms with E-state index in [1.807, 2.05) is 13.0 Å². The Labute approximate surface area is 91.1 Å². The normalized spacial score (nSPS) is 28.1. The number of ether oxygens (including phenoxy) is 1. The average Bonchev–Trinajstić information content (AvgIpc) is 2.28. The molecule has 3 heteroatoms. The van der Waals surface area contributed by atoms with E-state index in [1.165, 1.54) is 12.7 Å². The highest BCUT2D eigenvalue weighted by Gasteiger charge is 2.45. The first-order chi connectivity index (χ1) is 7.06. The van der Waals surface area contributed by atoms with Crippen molar-refractivity contribution in [3.63, 3.8) is 0 Å². The third-order valence-corrected chi connectivity index (χ3v) is 3.40. The molecule has 0 amide bonds. The number of hydrogen-bond donors (Lipinski definition) is 1. The summed E-state index contributed by atoms with van der Waals surface area (Å²) in [6.45, 7) is 3.94. The summed E-state index contributed by atoms with van der Waals surface area (Å²) in [4.78, 5) is 11.8. The number of rotatable bonds is 3. The first kappa shape index (κ1) is 12.2. The molecule has 0 aromatic rings. The minimum Gasteiger partial charge on any atom is -0.469 e. The molecule has 15 heavy (non-hydrogen) atoms. The molecule has 0 aliphatic heterocycles. The van der Waals surface area contributed by atoms with Crippen molar-refractivity contribution in [2.75, 3.05) is 7.11 Å². The Morgan fingerprint density at radius 1 is 1.73 bits per heavy atom. The molecule has 1 aliphatic rings. The summed E-state index contributed by atoms with van der Waals surface area (Å²) in [5.74, 6) is -0.277. The molecular formula is C12H20O3. The van der Waals surface area contributed by atoms with Gasteiger partial charge in [0.05, 0.1) is 18.6 Å². The Morgan fingerprint density at radius 3 is 2.80 bits per heavy atom. The van der Waals surface area contributed by atoms with E-state index < -0.39 is 11.5 Å². The van der Waals surface area contributed by atoms with E-state index in [2.05, 4.69) is 6.92 Å². The summed E-state index contributed by atoms with van der Waals surface area (Å²) in [5, 5.41) is 9.99. The van der Waals surface area contributed by atoms with E-state index in [4.69, 9.17) is 4.74 Å². The third kappa shape index (κ3) is 2.23. The minimum absolute atomic E-state index is 0.277. The smallest absolute Gasteiger partial charge is 0.314 e. The van der Waals surface area contributed by atoms with Gasteiger partial charge < -0.3 is 9.84 Å². The van der Waals surface area contributed by atoms with Gasteiger partial charge in [0.25, 0.3) is 0 Å². The van der Waals surface area contributed by atoms with Crippen molar-refractivity contribution in [1.82, 2.24) is 0 Å². The lowest BCUT2D eigenvalue weighted by Crippen LogP contribution is -2.44. The molecule has 0 heterocycles. The van der Waals surface area contributed by atoms with Gasteiger partial charge in [-0.15, -0.1) is 0 Å². The maximum atomic E-state index is 11.8. The van der Waals surface area contributed by atoms with E-state index in [0.29, 0.717) is 19.3 Å². The van der Waals surface area contributed by atoms with Crippen LogP contribution in [0.5, 0.6) is 0 Å². The van der Waals surface area contributed by atoms with E-state index in [0.717, 1.165) is 6.42 Å². The molecule has 0 aromatic carbocycles. The van der Waals surface area contributed by atoms with Crippen LogP contribution in [0, 0.1) is 5.41 Å². The monoisotopic (exact) mass is 212 g/mol. The fourth-order valence-corrected chi connectivity index (χ4v) is 2.20. The highest BCUT2D eigenvalue weighted by molar-refractivity contribution is 5.78. The number of hydrogen-bond acceptors (Lipinski definition) is 3. The quantitative estimate of drug-likeness (QED) is 0.575. The Morgan fingerprint density at radius 2 is 2.40 bits per heavy atom. The third-order valence-electron chi connectivity index (χ3n) is 3.40. The summed E-state index contributed by atoms with van der Waals surface area (Å²) in [7, 11) is 1.39. The van der Waals surface area contributed by atoms with Crippen molar-refractivity contribution in [3.05, 3.63) is 11.6 Å². The SMILES string of the molecule is CC[C@@H](O)[C@]1(C(=O)OC)CC=C(C)CC1. The summed E-state index contributed by atoms with van der Waals surface area (Å²) in [6.07, 6.45) is 4.18. The molecule has 0 saturated heterocycles. The second-order valence-corrected chi connectivity index (χ2v) is 4.33. The van der Waals surface area contributed by atoms with Crippen LogP contribution in [0.2, 0.25) is 0 Å². The lowest BCUT2D eigenvalue weighted by Gasteiger charge is -2.36. The molecule has 0 aromatic heterocycles. The van der Waals surface area contributed by atoms with Gasteiger partial charge in [0, 0.05) is 0 Å². The number of aliphatic hydroxyl groups excluding tert-OH is 1. The number of esters is 1. The standard InChI is InChI=1S/C12H20O3/c1-4-10(13)12(11(14)15-3)7-5-9(2)6-8-12/h5,10,13H,4,6-8H2,1-3H3/t10-,12+/m1/s1. The van der Waals surface area contributed by atoms with E-state index in [9.17, 15) is 9.90 Å². The Hall–Kier alpha value is -0.830. The highest BCUT2D eigenvalue weighted by atomic mass is 16.5. The largest absolute Gasteiger partial charge is 0.469 e. The van der Waals surface area contributed by atoms with Crippen molar-refractivity contribution in [2.45, 2.75) is 45.6 Å². The van der Waals surface area contributed by atoms with Gasteiger partial charge in [-0.1, -0.05) is 18.6 Å². The number of carbonyl (C=O) groups is 1. The number of methoxy groups -OCH3 is 1. The van der Waals surface area contributed by atoms with Gasteiger partial charge in [-0.2, -0.15) is 0 Å². The molecule has 0 unspecified atom stereocenters. The fraction of sp³-hybridized carbons (Fsp3) is 0.750. The van der Waals surface area contributed by atoms with Crippen LogP contribution in [0.25, 0.3) is 0 Å². The number of carbonyl (C=O) groups excluding carboxylic acids is 1. The minimum atomic E-state index is -0.705. The van der Waals surface area contributed by atoms with Crippen LogP contribution in [0.4, 0.5) is 0 Å². The van der Waals surface area contributed by atoms with Gasteiger partial charge in [0.1, 0.15) is 0 Å². The zero-order valence-electron chi connectivity index (χ0n) is 9.75. The van der Waals surface area contributed by atoms with Crippen LogP contribution < -0.4 is 0 Å². The first-order valence-corrected chi connectivity index (χ1v) is 5.49. The molecule has 0 saturated carbocycles. The van der Waals surface area contributed by atoms with Crippen LogP contribution >= 0.6 is 0 Å². The first-order valence-electron chi connectivity index (χ1n) is 5.49. The van der Waals surface area contributed by atoms with Crippen molar-refractivity contribution < 1.29 is 14.6 Å². The molecule has 3 nitrogen and oxygen atoms in total. The topological polar surface area (TPSA) is 46.5 Å². The van der Waals surface area contributed by atoms with Crippen LogP contribution in [0.1, 0.15) is 39.5 Å². The fourth-order valence-electron chi connectivity index (χ4n) is 2.20. The molecule has 1 aliphatic carbocycles. The van der Waals surface area contributed by atoms with E-state index >= 15 is 0 Å². The van der Waals surface area contributed by atoms with Gasteiger partial charge in [0.2, 0.25) is 0 Å². The lowest BCUT2D eigenvalue weighted by atomic mass is 9.70. The molecule has 86 valence electrons. The van der Waals surface area contributed by atoms with Gasteiger partial charge in [0.15, 0.2) is 0 Å². The lowest BCUT2D eigenvalue weighted by molar-refractivity contribution is -0.161. The molecule has 0 spiro atoms. The van der Waals surface area contributed by atoms with Gasteiger partial charge in [-0.25, -0.2) is 0 Å². The number of aliphatic hydroxyl groups is 1. The number of allylic oxidation sites excluding steroid dienone is 2. The molecule has 1 N–H and O–H groups in total. The molecule has 0 fully saturated rings. The second kappa shape index (κ2) is 4.79. The predicted octanol–water partition coefficient (Wildman–Crippen LogP) is 2.05. The van der Waals surface area contributed by atoms with Crippen LogP contribution in [0.15, 0.2) is 11.6 Å². The van der Waals surface area contributed by atoms with Crippen LogP contribution in [-0.2, 0) is 9.53 Å². The molecule has 0 radical (unpaired) electrons. The summed E-state index contributed by atoms with van der Waals surface area (Å²) >= 11 is 0. The Kier molecular flexibility index (Phi) is 3.91. The summed E-state index contributed by atoms with van der Waals surface area (Å²) in [5.41, 5.74) is 0.584. The average molecular weight is 212 g/mol. The predicted molar refractivity (Wildman–Crippen MR) is 58.4 cm³/mol. The van der Waals surface area contributed by atoms with Gasteiger partial charge >= 0.3 is 5.97 Å². The van der Waals surface area contributed by atoms with Crippen molar-refractivity contribution in [1.29, 1.82) is 0 Å². The zero-order valence-corrected chi connectivity index (χ0v) is 9.75. The maximum Gasteiger partial charge on any atom is 0.314 e. The molecular weight excluding hydrogens is 192 g/mol. The molecule has 1 rings (SSSR count). The van der Waals surface area contributed by atoms with Crippen LogP contribution in [-0.4, -0.2) is 24.3 Å². The second-order valence-electron chi connectivity index (χ2n) is 4.33. The summed E-state index contributed by atoms with van der Waals surface area (Å²) in [6, 6.07) is 0. The maximum absolute atomic E-state index is 11.8. The van der Waals surface area contributed by atoms with Gasteiger partial charge in [-0.3, -0.25) is 4.79 Å². The van der Waals surface area contributed by atoms with Gasteiger partial charge in [-0.05, 0) is 32.6 Å². The van der Waals surface area contributed by atoms with Crippen molar-refractivity contribution >= 4 is 5.97 Å². The van der Waals surface area contributed by atoms with Crippen LogP contribution in [0.3, 0.4) is 0 Å². The molecule has 0 bridgehead atoms. The van der Waals surface area contributed by atoms with Crippen molar-refractivity contribution in [2.24, 2.45) is 5.41 Å².